The summed E-state index contributed by atoms with van der Waals surface area (Å²) < 4.78 is 11.3. The molecule has 21 heavy (non-hydrogen) atoms. The molecule has 2 aromatic carbocycles. The summed E-state index contributed by atoms with van der Waals surface area (Å²) in [5.41, 5.74) is 2.26. The monoisotopic (exact) mass is 281 g/mol. The summed E-state index contributed by atoms with van der Waals surface area (Å²) >= 11 is 0. The molecule has 0 saturated carbocycles. The van der Waals surface area contributed by atoms with Gasteiger partial charge in [-0.25, -0.2) is 0 Å². The molecule has 0 heterocycles. The van der Waals surface area contributed by atoms with Gasteiger partial charge in [-0.1, -0.05) is 31.2 Å². The van der Waals surface area contributed by atoms with Crippen molar-refractivity contribution < 1.29 is 9.47 Å². The van der Waals surface area contributed by atoms with E-state index in [4.69, 9.17) is 14.7 Å². The van der Waals surface area contributed by atoms with Crippen molar-refractivity contribution in [3.8, 4) is 17.6 Å². The van der Waals surface area contributed by atoms with E-state index in [1.165, 1.54) is 5.56 Å². The fourth-order valence-corrected chi connectivity index (χ4v) is 1.97. The lowest BCUT2D eigenvalue weighted by Crippen LogP contribution is -2.09. The topological polar surface area (TPSA) is 42.2 Å². The van der Waals surface area contributed by atoms with Crippen molar-refractivity contribution in [2.45, 2.75) is 19.8 Å². The highest BCUT2D eigenvalue weighted by Gasteiger charge is 1.98. The molecule has 2 aromatic rings. The van der Waals surface area contributed by atoms with E-state index in [0.717, 1.165) is 23.5 Å². The Bertz CT molecular complexity index is 599. The van der Waals surface area contributed by atoms with Crippen LogP contribution in [-0.2, 0) is 12.8 Å². The van der Waals surface area contributed by atoms with Gasteiger partial charge in [0.25, 0.3) is 0 Å². The van der Waals surface area contributed by atoms with E-state index in [9.17, 15) is 0 Å². The van der Waals surface area contributed by atoms with Crippen LogP contribution in [0.3, 0.4) is 0 Å². The maximum Gasteiger partial charge on any atom is 0.122 e. The minimum absolute atomic E-state index is 0.428. The molecule has 2 rings (SSSR count). The van der Waals surface area contributed by atoms with Crippen molar-refractivity contribution in [2.24, 2.45) is 0 Å². The number of rotatable bonds is 7. The molecule has 0 amide bonds. The second kappa shape index (κ2) is 7.96. The molecule has 0 unspecified atom stereocenters. The van der Waals surface area contributed by atoms with Crippen molar-refractivity contribution in [3.63, 3.8) is 0 Å². The van der Waals surface area contributed by atoms with Crippen LogP contribution in [0.4, 0.5) is 0 Å². The number of nitrogens with zero attached hydrogens (tertiary/aromatic N) is 1. The van der Waals surface area contributed by atoms with Crippen LogP contribution in [0.5, 0.6) is 11.5 Å². The number of nitriles is 1. The zero-order chi connectivity index (χ0) is 14.9. The Morgan fingerprint density at radius 3 is 2.29 bits per heavy atom. The van der Waals surface area contributed by atoms with Crippen molar-refractivity contribution in [3.05, 3.63) is 59.7 Å². The Kier molecular flexibility index (Phi) is 5.66. The average Bonchev–Trinajstić information content (AvgIpc) is 2.53. The molecule has 108 valence electrons. The fraction of sp³-hybridized carbons (Fsp3) is 0.278. The predicted octanol–water partition coefficient (Wildman–Crippen LogP) is 3.77. The van der Waals surface area contributed by atoms with Crippen LogP contribution in [-0.4, -0.2) is 13.2 Å². The zero-order valence-electron chi connectivity index (χ0n) is 12.2. The summed E-state index contributed by atoms with van der Waals surface area (Å²) in [4.78, 5) is 0. The zero-order valence-corrected chi connectivity index (χ0v) is 12.2. The van der Waals surface area contributed by atoms with Crippen LogP contribution in [0, 0.1) is 11.3 Å². The molecular formula is C18H19NO2. The fourth-order valence-electron chi connectivity index (χ4n) is 1.97. The summed E-state index contributed by atoms with van der Waals surface area (Å²) in [5.74, 6) is 1.67. The van der Waals surface area contributed by atoms with Crippen molar-refractivity contribution in [2.75, 3.05) is 13.2 Å². The van der Waals surface area contributed by atoms with E-state index in [2.05, 4.69) is 25.1 Å². The van der Waals surface area contributed by atoms with E-state index in [1.54, 1.807) is 0 Å². The summed E-state index contributed by atoms with van der Waals surface area (Å²) in [6, 6.07) is 17.8. The quantitative estimate of drug-likeness (QED) is 0.725. The molecule has 0 aliphatic carbocycles. The molecule has 0 N–H and O–H groups in total. The first-order valence-electron chi connectivity index (χ1n) is 7.12. The van der Waals surface area contributed by atoms with Gasteiger partial charge >= 0.3 is 0 Å². The third-order valence-electron chi connectivity index (χ3n) is 3.13. The standard InChI is InChI=1S/C18H19NO2/c1-2-15-4-3-5-18(14-15)21-13-12-20-17-8-6-16(7-9-17)10-11-19/h3-9,14H,2,10,12-13H2,1H3. The smallest absolute Gasteiger partial charge is 0.122 e. The van der Waals surface area contributed by atoms with Crippen LogP contribution in [0.2, 0.25) is 0 Å². The van der Waals surface area contributed by atoms with Gasteiger partial charge in [0.15, 0.2) is 0 Å². The summed E-state index contributed by atoms with van der Waals surface area (Å²) in [7, 11) is 0. The third kappa shape index (κ3) is 4.85. The minimum atomic E-state index is 0.428. The molecule has 0 radical (unpaired) electrons. The Labute approximate surface area is 125 Å². The Morgan fingerprint density at radius 2 is 1.62 bits per heavy atom. The summed E-state index contributed by atoms with van der Waals surface area (Å²) in [5, 5.41) is 8.61. The lowest BCUT2D eigenvalue weighted by Gasteiger charge is -2.09. The van der Waals surface area contributed by atoms with E-state index >= 15 is 0 Å². The molecule has 0 atom stereocenters. The van der Waals surface area contributed by atoms with Gasteiger partial charge < -0.3 is 9.47 Å². The van der Waals surface area contributed by atoms with E-state index in [-0.39, 0.29) is 0 Å². The van der Waals surface area contributed by atoms with E-state index in [1.807, 2.05) is 36.4 Å². The number of hydrogen-bond acceptors (Lipinski definition) is 3. The maximum atomic E-state index is 8.61. The highest BCUT2D eigenvalue weighted by molar-refractivity contribution is 5.29. The molecule has 0 aliphatic rings. The molecule has 3 nitrogen and oxygen atoms in total. The Balaban J connectivity index is 1.75. The van der Waals surface area contributed by atoms with Crippen LogP contribution < -0.4 is 9.47 Å². The van der Waals surface area contributed by atoms with Gasteiger partial charge in [-0.2, -0.15) is 5.26 Å². The van der Waals surface area contributed by atoms with Gasteiger partial charge in [-0.05, 0) is 41.8 Å². The first-order chi connectivity index (χ1) is 10.3. The SMILES string of the molecule is CCc1cccc(OCCOc2ccc(CC#N)cc2)c1. The van der Waals surface area contributed by atoms with Gasteiger partial charge in [0.05, 0.1) is 12.5 Å². The van der Waals surface area contributed by atoms with Crippen LogP contribution in [0.25, 0.3) is 0 Å². The first-order valence-corrected chi connectivity index (χ1v) is 7.12. The Morgan fingerprint density at radius 1 is 0.905 bits per heavy atom. The van der Waals surface area contributed by atoms with Gasteiger partial charge in [-0.15, -0.1) is 0 Å². The molecular weight excluding hydrogens is 262 g/mol. The van der Waals surface area contributed by atoms with E-state index in [0.29, 0.717) is 19.6 Å². The average molecular weight is 281 g/mol. The van der Waals surface area contributed by atoms with Crippen molar-refractivity contribution in [1.82, 2.24) is 0 Å². The summed E-state index contributed by atoms with van der Waals surface area (Å²) in [6.45, 7) is 3.12. The van der Waals surface area contributed by atoms with Gasteiger partial charge in [0, 0.05) is 0 Å². The second-order valence-electron chi connectivity index (χ2n) is 4.68. The van der Waals surface area contributed by atoms with Crippen LogP contribution in [0.15, 0.2) is 48.5 Å². The summed E-state index contributed by atoms with van der Waals surface area (Å²) in [6.07, 6.45) is 1.43. The molecule has 0 spiro atoms. The van der Waals surface area contributed by atoms with Crippen LogP contribution in [0.1, 0.15) is 18.1 Å². The molecule has 3 heteroatoms. The molecule has 0 aliphatic heterocycles. The number of aryl methyl sites for hydroxylation is 1. The van der Waals surface area contributed by atoms with Crippen molar-refractivity contribution >= 4 is 0 Å². The number of hydrogen-bond donors (Lipinski definition) is 0. The highest BCUT2D eigenvalue weighted by atomic mass is 16.5. The number of benzene rings is 2. The Hall–Kier alpha value is -2.47. The first kappa shape index (κ1) is 14.9. The van der Waals surface area contributed by atoms with Gasteiger partial charge in [0.2, 0.25) is 0 Å². The second-order valence-corrected chi connectivity index (χ2v) is 4.68. The lowest BCUT2D eigenvalue weighted by atomic mass is 10.2. The predicted molar refractivity (Wildman–Crippen MR) is 82.6 cm³/mol. The molecule has 0 fully saturated rings. The maximum absolute atomic E-state index is 8.61. The normalized spacial score (nSPS) is 9.90. The largest absolute Gasteiger partial charge is 0.490 e. The lowest BCUT2D eigenvalue weighted by molar-refractivity contribution is 0.217. The molecule has 0 saturated heterocycles. The van der Waals surface area contributed by atoms with Crippen LogP contribution >= 0.6 is 0 Å². The number of ether oxygens (including phenoxy) is 2. The minimum Gasteiger partial charge on any atom is -0.490 e. The van der Waals surface area contributed by atoms with Gasteiger partial charge in [-0.3, -0.25) is 0 Å². The van der Waals surface area contributed by atoms with Crippen molar-refractivity contribution in [1.29, 1.82) is 5.26 Å². The third-order valence-corrected chi connectivity index (χ3v) is 3.13. The molecule has 0 bridgehead atoms. The molecule has 0 aromatic heterocycles. The van der Waals surface area contributed by atoms with E-state index < -0.39 is 0 Å². The van der Waals surface area contributed by atoms with Gasteiger partial charge in [0.1, 0.15) is 24.7 Å². The highest BCUT2D eigenvalue weighted by Crippen LogP contribution is 2.15.